The SMILES string of the molecule is CN(C)CCNc1ccc(CO)c2oc3ccc(OC(=O)CC(CCc4ccccc4)c4ccc5cc6c(ccc7ccccc76)cc5c4)cc3c(=O)c12. The van der Waals surface area contributed by atoms with Gasteiger partial charge in [-0.1, -0.05) is 91.0 Å². The molecule has 7 aromatic carbocycles. The molecular formula is C47H42N2O5. The van der Waals surface area contributed by atoms with Crippen LogP contribution in [0.15, 0.2) is 137 Å². The van der Waals surface area contributed by atoms with Gasteiger partial charge in [0.15, 0.2) is 0 Å². The molecule has 54 heavy (non-hydrogen) atoms. The third-order valence-corrected chi connectivity index (χ3v) is 10.4. The zero-order chi connectivity index (χ0) is 37.2. The van der Waals surface area contributed by atoms with Crippen molar-refractivity contribution < 1.29 is 19.1 Å². The molecule has 0 aliphatic carbocycles. The number of ether oxygens (including phenoxy) is 1. The fourth-order valence-electron chi connectivity index (χ4n) is 7.51. The number of anilines is 1. The zero-order valence-electron chi connectivity index (χ0n) is 30.5. The van der Waals surface area contributed by atoms with Gasteiger partial charge in [-0.25, -0.2) is 0 Å². The van der Waals surface area contributed by atoms with E-state index in [-0.39, 0.29) is 36.1 Å². The fourth-order valence-corrected chi connectivity index (χ4v) is 7.51. The Morgan fingerprint density at radius 1 is 0.778 bits per heavy atom. The standard InChI is InChI=1S/C47H42N2O5/c1-49(2)23-22-48-42-20-18-36(29-50)47-45(42)46(52)41-28-38(19-21-43(41)54-47)53-44(51)27-34(13-12-30-8-4-3-5-9-30)32-15-16-33-26-40-35(25-37(33)24-32)17-14-31-10-6-7-11-39(31)40/h3-11,14-21,24-26,28,34,48,50H,12-13,22-23,27,29H2,1-2H3. The summed E-state index contributed by atoms with van der Waals surface area (Å²) >= 11 is 0. The van der Waals surface area contributed by atoms with Crippen molar-refractivity contribution in [1.29, 1.82) is 0 Å². The highest BCUT2D eigenvalue weighted by Crippen LogP contribution is 2.34. The average Bonchev–Trinajstić information content (AvgIpc) is 3.19. The molecule has 0 spiro atoms. The van der Waals surface area contributed by atoms with E-state index in [0.29, 0.717) is 39.7 Å². The molecule has 0 aliphatic heterocycles. The second-order valence-electron chi connectivity index (χ2n) is 14.3. The minimum atomic E-state index is -0.378. The number of aliphatic hydroxyl groups excluding tert-OH is 1. The topological polar surface area (TPSA) is 92.0 Å². The average molecular weight is 715 g/mol. The van der Waals surface area contributed by atoms with E-state index in [2.05, 4.69) is 84.2 Å². The summed E-state index contributed by atoms with van der Waals surface area (Å²) in [6.07, 6.45) is 1.74. The second kappa shape index (κ2) is 15.1. The molecule has 7 heteroatoms. The van der Waals surface area contributed by atoms with E-state index >= 15 is 0 Å². The summed E-state index contributed by atoms with van der Waals surface area (Å²) in [7, 11) is 3.96. The van der Waals surface area contributed by atoms with Gasteiger partial charge in [0.1, 0.15) is 16.9 Å². The summed E-state index contributed by atoms with van der Waals surface area (Å²) in [5.74, 6) is -0.202. The fraction of sp³-hybridized carbons (Fsp3) is 0.191. The van der Waals surface area contributed by atoms with Crippen molar-refractivity contribution in [1.82, 2.24) is 4.90 Å². The Morgan fingerprint density at radius 2 is 1.57 bits per heavy atom. The molecule has 0 amide bonds. The van der Waals surface area contributed by atoms with Crippen molar-refractivity contribution in [2.24, 2.45) is 0 Å². The van der Waals surface area contributed by atoms with Crippen LogP contribution in [0.25, 0.3) is 54.3 Å². The predicted octanol–water partition coefficient (Wildman–Crippen LogP) is 9.58. The Balaban J connectivity index is 1.10. The van der Waals surface area contributed by atoms with E-state index in [1.165, 1.54) is 27.1 Å². The molecule has 0 saturated heterocycles. The first kappa shape index (κ1) is 35.0. The van der Waals surface area contributed by atoms with Crippen LogP contribution in [0.4, 0.5) is 5.69 Å². The van der Waals surface area contributed by atoms with Gasteiger partial charge < -0.3 is 24.5 Å². The first-order chi connectivity index (χ1) is 26.3. The van der Waals surface area contributed by atoms with Crippen LogP contribution in [0.1, 0.15) is 35.4 Å². The van der Waals surface area contributed by atoms with Gasteiger partial charge in [-0.3, -0.25) is 9.59 Å². The van der Waals surface area contributed by atoms with Crippen LogP contribution < -0.4 is 15.5 Å². The largest absolute Gasteiger partial charge is 0.455 e. The number of likely N-dealkylation sites (N-methyl/N-ethyl adjacent to an activating group) is 1. The number of aliphatic hydroxyl groups is 1. The van der Waals surface area contributed by atoms with Crippen LogP contribution in [-0.4, -0.2) is 43.2 Å². The number of fused-ring (bicyclic) bond motifs is 6. The first-order valence-electron chi connectivity index (χ1n) is 18.5. The molecule has 8 rings (SSSR count). The number of benzene rings is 7. The molecule has 270 valence electrons. The van der Waals surface area contributed by atoms with E-state index in [1.54, 1.807) is 30.3 Å². The van der Waals surface area contributed by atoms with Crippen LogP contribution >= 0.6 is 0 Å². The summed E-state index contributed by atoms with van der Waals surface area (Å²) in [4.78, 5) is 29.8. The molecule has 7 nitrogen and oxygen atoms in total. The van der Waals surface area contributed by atoms with Crippen molar-refractivity contribution >= 4 is 65.9 Å². The molecular weight excluding hydrogens is 673 g/mol. The van der Waals surface area contributed by atoms with E-state index in [4.69, 9.17) is 9.15 Å². The molecule has 0 aliphatic rings. The summed E-state index contributed by atoms with van der Waals surface area (Å²) in [6.45, 7) is 1.11. The van der Waals surface area contributed by atoms with E-state index in [0.717, 1.165) is 35.7 Å². The van der Waals surface area contributed by atoms with Gasteiger partial charge in [0.05, 0.1) is 23.8 Å². The van der Waals surface area contributed by atoms with E-state index in [1.807, 2.05) is 37.2 Å². The summed E-state index contributed by atoms with van der Waals surface area (Å²) in [6, 6.07) is 42.6. The number of esters is 1. The molecule has 8 aromatic rings. The summed E-state index contributed by atoms with van der Waals surface area (Å²) < 4.78 is 12.2. The van der Waals surface area contributed by atoms with Gasteiger partial charge >= 0.3 is 5.97 Å². The van der Waals surface area contributed by atoms with Crippen molar-refractivity contribution in [3.8, 4) is 5.75 Å². The molecule has 2 N–H and O–H groups in total. The van der Waals surface area contributed by atoms with Crippen molar-refractivity contribution in [2.45, 2.75) is 31.8 Å². The normalized spacial score (nSPS) is 12.3. The molecule has 0 bridgehead atoms. The Hall–Kier alpha value is -6.02. The lowest BCUT2D eigenvalue weighted by molar-refractivity contribution is -0.134. The summed E-state index contributed by atoms with van der Waals surface area (Å²) in [5.41, 5.74) is 3.87. The Morgan fingerprint density at radius 3 is 2.41 bits per heavy atom. The van der Waals surface area contributed by atoms with Gasteiger partial charge in [-0.15, -0.1) is 0 Å². The van der Waals surface area contributed by atoms with Crippen molar-refractivity contribution in [3.05, 3.63) is 154 Å². The van der Waals surface area contributed by atoms with Gasteiger partial charge in [0.2, 0.25) is 5.43 Å². The van der Waals surface area contributed by atoms with Crippen LogP contribution in [0, 0.1) is 0 Å². The van der Waals surface area contributed by atoms with Gasteiger partial charge in [-0.05, 0) is 113 Å². The number of carbonyl (C=O) groups is 1. The van der Waals surface area contributed by atoms with Gasteiger partial charge in [0.25, 0.3) is 0 Å². The maximum Gasteiger partial charge on any atom is 0.311 e. The number of nitrogens with zero attached hydrogens (tertiary/aromatic N) is 1. The lowest BCUT2D eigenvalue weighted by atomic mass is 9.88. The Bertz CT molecular complexity index is 2720. The summed E-state index contributed by atoms with van der Waals surface area (Å²) in [5, 5.41) is 21.1. The number of hydrogen-bond acceptors (Lipinski definition) is 7. The molecule has 1 heterocycles. The molecule has 1 unspecified atom stereocenters. The monoisotopic (exact) mass is 714 g/mol. The smallest absolute Gasteiger partial charge is 0.311 e. The number of rotatable bonds is 12. The van der Waals surface area contributed by atoms with Crippen molar-refractivity contribution in [2.75, 3.05) is 32.5 Å². The Kier molecular flexibility index (Phi) is 9.83. The zero-order valence-corrected chi connectivity index (χ0v) is 30.5. The minimum absolute atomic E-state index is 0.100. The number of nitrogens with one attached hydrogen (secondary N) is 1. The first-order valence-corrected chi connectivity index (χ1v) is 18.5. The maximum absolute atomic E-state index is 14.0. The van der Waals surface area contributed by atoms with Crippen LogP contribution in [0.3, 0.4) is 0 Å². The van der Waals surface area contributed by atoms with Gasteiger partial charge in [0, 0.05) is 24.3 Å². The lowest BCUT2D eigenvalue weighted by Crippen LogP contribution is -2.21. The molecule has 1 atom stereocenters. The Labute approximate surface area is 313 Å². The van der Waals surface area contributed by atoms with Crippen molar-refractivity contribution in [3.63, 3.8) is 0 Å². The highest BCUT2D eigenvalue weighted by molar-refractivity contribution is 6.12. The molecule has 0 radical (unpaired) electrons. The molecule has 0 saturated carbocycles. The van der Waals surface area contributed by atoms with E-state index in [9.17, 15) is 14.7 Å². The van der Waals surface area contributed by atoms with Crippen LogP contribution in [0.5, 0.6) is 5.75 Å². The number of carbonyl (C=O) groups excluding carboxylic acids is 1. The molecule has 0 fully saturated rings. The predicted molar refractivity (Wildman–Crippen MR) is 220 cm³/mol. The number of hydrogen-bond donors (Lipinski definition) is 2. The maximum atomic E-state index is 14.0. The quantitative estimate of drug-likeness (QED) is 0.0564. The molecule has 1 aromatic heterocycles. The number of aryl methyl sites for hydroxylation is 1. The van der Waals surface area contributed by atoms with Crippen LogP contribution in [0.2, 0.25) is 0 Å². The highest BCUT2D eigenvalue weighted by Gasteiger charge is 2.21. The van der Waals surface area contributed by atoms with E-state index < -0.39 is 0 Å². The highest BCUT2D eigenvalue weighted by atomic mass is 16.5. The van der Waals surface area contributed by atoms with Crippen LogP contribution in [-0.2, 0) is 17.8 Å². The third kappa shape index (κ3) is 7.16. The third-order valence-electron chi connectivity index (χ3n) is 10.4. The minimum Gasteiger partial charge on any atom is -0.455 e. The second-order valence-corrected chi connectivity index (χ2v) is 14.3. The lowest BCUT2D eigenvalue weighted by Gasteiger charge is -2.18. The van der Waals surface area contributed by atoms with Gasteiger partial charge in [-0.2, -0.15) is 0 Å².